The minimum Gasteiger partial charge on any atom is -0.379 e. The van der Waals surface area contributed by atoms with Crippen LogP contribution in [0.15, 0.2) is 30.9 Å². The maximum Gasteiger partial charge on any atom is 0.0994 e. The smallest absolute Gasteiger partial charge is 0.0994 e. The van der Waals surface area contributed by atoms with E-state index in [2.05, 4.69) is 18.0 Å². The minimum atomic E-state index is 0.238. The van der Waals surface area contributed by atoms with Crippen LogP contribution in [0.1, 0.15) is 18.1 Å². The molecule has 0 saturated carbocycles. The number of nitrogens with zero attached hydrogens (tertiary/aromatic N) is 1. The van der Waals surface area contributed by atoms with Gasteiger partial charge in [-0.2, -0.15) is 5.26 Å². The molecule has 0 fully saturated rings. The van der Waals surface area contributed by atoms with Crippen LogP contribution in [0.25, 0.3) is 0 Å². The molecular formula is C12H14N2. The fourth-order valence-electron chi connectivity index (χ4n) is 1.20. The zero-order valence-corrected chi connectivity index (χ0v) is 8.54. The number of hydrogen-bond donors (Lipinski definition) is 1. The van der Waals surface area contributed by atoms with Crippen molar-refractivity contribution in [2.45, 2.75) is 19.9 Å². The van der Waals surface area contributed by atoms with E-state index in [1.54, 1.807) is 0 Å². The Balaban J connectivity index is 2.87. The Morgan fingerprint density at radius 1 is 1.57 bits per heavy atom. The number of aryl methyl sites for hydroxylation is 1. The maximum atomic E-state index is 8.75. The van der Waals surface area contributed by atoms with E-state index in [-0.39, 0.29) is 6.04 Å². The van der Waals surface area contributed by atoms with E-state index < -0.39 is 0 Å². The van der Waals surface area contributed by atoms with Crippen LogP contribution in [0.3, 0.4) is 0 Å². The highest BCUT2D eigenvalue weighted by molar-refractivity contribution is 5.52. The van der Waals surface area contributed by atoms with E-state index in [1.807, 2.05) is 38.1 Å². The summed E-state index contributed by atoms with van der Waals surface area (Å²) in [6, 6.07) is 8.09. The van der Waals surface area contributed by atoms with E-state index in [1.165, 1.54) is 0 Å². The summed E-state index contributed by atoms with van der Waals surface area (Å²) in [6.45, 7) is 7.66. The molecule has 1 unspecified atom stereocenters. The lowest BCUT2D eigenvalue weighted by molar-refractivity contribution is 1.00. The fourth-order valence-corrected chi connectivity index (χ4v) is 1.20. The van der Waals surface area contributed by atoms with E-state index in [9.17, 15) is 0 Å². The summed E-state index contributed by atoms with van der Waals surface area (Å²) in [6.07, 6.45) is 1.84. The minimum absolute atomic E-state index is 0.238. The fraction of sp³-hybridized carbons (Fsp3) is 0.250. The molecule has 0 aliphatic heterocycles. The van der Waals surface area contributed by atoms with E-state index in [4.69, 9.17) is 5.26 Å². The van der Waals surface area contributed by atoms with Gasteiger partial charge in [0.25, 0.3) is 0 Å². The van der Waals surface area contributed by atoms with Crippen molar-refractivity contribution in [1.29, 1.82) is 5.26 Å². The predicted octanol–water partition coefficient (Wildman–Crippen LogP) is 2.85. The average molecular weight is 186 g/mol. The summed E-state index contributed by atoms with van der Waals surface area (Å²) in [5, 5.41) is 12.0. The van der Waals surface area contributed by atoms with E-state index in [0.717, 1.165) is 16.8 Å². The molecule has 72 valence electrons. The third-order valence-corrected chi connectivity index (χ3v) is 2.09. The van der Waals surface area contributed by atoms with Gasteiger partial charge in [0.15, 0.2) is 0 Å². The van der Waals surface area contributed by atoms with Gasteiger partial charge in [0.1, 0.15) is 0 Å². The molecule has 0 amide bonds. The molecule has 0 bridgehead atoms. The van der Waals surface area contributed by atoms with Crippen molar-refractivity contribution >= 4 is 5.69 Å². The zero-order valence-electron chi connectivity index (χ0n) is 8.54. The Bertz CT molecular complexity index is 374. The van der Waals surface area contributed by atoms with Gasteiger partial charge in [-0.25, -0.2) is 0 Å². The van der Waals surface area contributed by atoms with Gasteiger partial charge in [0.2, 0.25) is 0 Å². The average Bonchev–Trinajstić information content (AvgIpc) is 2.18. The summed E-state index contributed by atoms with van der Waals surface area (Å²) in [7, 11) is 0. The highest BCUT2D eigenvalue weighted by atomic mass is 14.9. The molecule has 2 heteroatoms. The Kier molecular flexibility index (Phi) is 3.30. The summed E-state index contributed by atoms with van der Waals surface area (Å²) in [5.41, 5.74) is 2.74. The third kappa shape index (κ3) is 2.37. The van der Waals surface area contributed by atoms with Crippen LogP contribution >= 0.6 is 0 Å². The predicted molar refractivity (Wildman–Crippen MR) is 59.2 cm³/mol. The molecule has 0 saturated heterocycles. The molecule has 0 radical (unpaired) electrons. The first-order valence-corrected chi connectivity index (χ1v) is 4.57. The summed E-state index contributed by atoms with van der Waals surface area (Å²) in [4.78, 5) is 0. The second-order valence-electron chi connectivity index (χ2n) is 3.31. The van der Waals surface area contributed by atoms with Crippen LogP contribution in [0.4, 0.5) is 5.69 Å². The first-order chi connectivity index (χ1) is 6.67. The number of nitriles is 1. The SMILES string of the molecule is C=CC(C)Nc1ccc(C#N)c(C)c1. The van der Waals surface area contributed by atoms with Crippen molar-refractivity contribution in [2.24, 2.45) is 0 Å². The number of hydrogen-bond acceptors (Lipinski definition) is 2. The van der Waals surface area contributed by atoms with Gasteiger partial charge < -0.3 is 5.32 Å². The molecule has 1 atom stereocenters. The molecule has 1 N–H and O–H groups in total. The molecular weight excluding hydrogens is 172 g/mol. The molecule has 0 aliphatic carbocycles. The van der Waals surface area contributed by atoms with Crippen molar-refractivity contribution in [1.82, 2.24) is 0 Å². The van der Waals surface area contributed by atoms with Gasteiger partial charge in [-0.3, -0.25) is 0 Å². The number of benzene rings is 1. The molecule has 0 heterocycles. The van der Waals surface area contributed by atoms with Gasteiger partial charge in [0.05, 0.1) is 11.6 Å². The zero-order chi connectivity index (χ0) is 10.6. The highest BCUT2D eigenvalue weighted by Gasteiger charge is 2.00. The van der Waals surface area contributed by atoms with Crippen LogP contribution in [0, 0.1) is 18.3 Å². The second-order valence-corrected chi connectivity index (χ2v) is 3.31. The normalized spacial score (nSPS) is 11.5. The molecule has 0 aromatic heterocycles. The molecule has 0 aliphatic rings. The Labute approximate surface area is 84.9 Å². The number of nitrogens with one attached hydrogen (secondary N) is 1. The molecule has 2 nitrogen and oxygen atoms in total. The van der Waals surface area contributed by atoms with Crippen molar-refractivity contribution in [2.75, 3.05) is 5.32 Å². The standard InChI is InChI=1S/C12H14N2/c1-4-10(3)14-12-6-5-11(8-13)9(2)7-12/h4-7,10,14H,1H2,2-3H3. The van der Waals surface area contributed by atoms with E-state index >= 15 is 0 Å². The van der Waals surface area contributed by atoms with Crippen LogP contribution in [0.2, 0.25) is 0 Å². The van der Waals surface area contributed by atoms with Crippen LogP contribution < -0.4 is 5.32 Å². The van der Waals surface area contributed by atoms with Crippen molar-refractivity contribution in [3.05, 3.63) is 42.0 Å². The molecule has 1 aromatic carbocycles. The van der Waals surface area contributed by atoms with E-state index in [0.29, 0.717) is 0 Å². The number of anilines is 1. The topological polar surface area (TPSA) is 35.8 Å². The summed E-state index contributed by atoms with van der Waals surface area (Å²) in [5.74, 6) is 0. The summed E-state index contributed by atoms with van der Waals surface area (Å²) >= 11 is 0. The lowest BCUT2D eigenvalue weighted by atomic mass is 10.1. The van der Waals surface area contributed by atoms with Gasteiger partial charge in [0, 0.05) is 11.7 Å². The Hall–Kier alpha value is -1.75. The quantitative estimate of drug-likeness (QED) is 0.737. The van der Waals surface area contributed by atoms with Crippen LogP contribution in [-0.2, 0) is 0 Å². The first-order valence-electron chi connectivity index (χ1n) is 4.57. The summed E-state index contributed by atoms with van der Waals surface area (Å²) < 4.78 is 0. The molecule has 0 spiro atoms. The first kappa shape index (κ1) is 10.3. The van der Waals surface area contributed by atoms with Gasteiger partial charge in [-0.15, -0.1) is 6.58 Å². The largest absolute Gasteiger partial charge is 0.379 e. The Morgan fingerprint density at radius 2 is 2.29 bits per heavy atom. The van der Waals surface area contributed by atoms with Crippen molar-refractivity contribution in [3.63, 3.8) is 0 Å². The van der Waals surface area contributed by atoms with Crippen molar-refractivity contribution in [3.8, 4) is 6.07 Å². The van der Waals surface area contributed by atoms with Crippen LogP contribution in [0.5, 0.6) is 0 Å². The van der Waals surface area contributed by atoms with Gasteiger partial charge in [-0.05, 0) is 37.6 Å². The monoisotopic (exact) mass is 186 g/mol. The molecule has 14 heavy (non-hydrogen) atoms. The Morgan fingerprint density at radius 3 is 2.79 bits per heavy atom. The van der Waals surface area contributed by atoms with Gasteiger partial charge >= 0.3 is 0 Å². The van der Waals surface area contributed by atoms with Crippen LogP contribution in [-0.4, -0.2) is 6.04 Å². The second kappa shape index (κ2) is 4.48. The highest BCUT2D eigenvalue weighted by Crippen LogP contribution is 2.15. The molecule has 1 rings (SSSR count). The lowest BCUT2D eigenvalue weighted by Crippen LogP contribution is -2.11. The third-order valence-electron chi connectivity index (χ3n) is 2.09. The van der Waals surface area contributed by atoms with Gasteiger partial charge in [-0.1, -0.05) is 6.08 Å². The van der Waals surface area contributed by atoms with Crippen molar-refractivity contribution < 1.29 is 0 Å². The lowest BCUT2D eigenvalue weighted by Gasteiger charge is -2.11. The number of rotatable bonds is 3. The molecule has 1 aromatic rings. The maximum absolute atomic E-state index is 8.75.